The molecule has 17 heavy (non-hydrogen) atoms. The molecular formula is C13H16N2O2. The molecule has 0 atom stereocenters. The first-order valence-electron chi connectivity index (χ1n) is 5.72. The van der Waals surface area contributed by atoms with Crippen LogP contribution in [-0.4, -0.2) is 23.0 Å². The first kappa shape index (κ1) is 11.5. The van der Waals surface area contributed by atoms with E-state index in [4.69, 9.17) is 9.47 Å². The number of hydrogen-bond acceptors (Lipinski definition) is 3. The molecular weight excluding hydrogens is 216 g/mol. The molecule has 0 unspecified atom stereocenters. The second kappa shape index (κ2) is 5.94. The van der Waals surface area contributed by atoms with Crippen molar-refractivity contribution in [1.29, 1.82) is 0 Å². The van der Waals surface area contributed by atoms with Crippen molar-refractivity contribution in [2.45, 2.75) is 13.5 Å². The number of nitrogens with zero attached hydrogens (tertiary/aromatic N) is 2. The zero-order chi connectivity index (χ0) is 11.9. The van der Waals surface area contributed by atoms with Gasteiger partial charge in [-0.2, -0.15) is 5.10 Å². The van der Waals surface area contributed by atoms with Crippen LogP contribution in [0.5, 0.6) is 11.5 Å². The molecule has 0 bridgehead atoms. The van der Waals surface area contributed by atoms with E-state index in [0.29, 0.717) is 13.2 Å². The first-order chi connectivity index (χ1) is 8.40. The van der Waals surface area contributed by atoms with Crippen molar-refractivity contribution in [1.82, 2.24) is 9.78 Å². The van der Waals surface area contributed by atoms with E-state index in [1.165, 1.54) is 0 Å². The molecule has 90 valence electrons. The lowest BCUT2D eigenvalue weighted by atomic mass is 10.3. The zero-order valence-electron chi connectivity index (χ0n) is 9.87. The van der Waals surface area contributed by atoms with Crippen molar-refractivity contribution in [2.24, 2.45) is 0 Å². The Balaban J connectivity index is 1.89. The Morgan fingerprint density at radius 1 is 1.12 bits per heavy atom. The van der Waals surface area contributed by atoms with E-state index >= 15 is 0 Å². The Hall–Kier alpha value is -1.97. The van der Waals surface area contributed by atoms with Crippen LogP contribution in [0.4, 0.5) is 0 Å². The van der Waals surface area contributed by atoms with Gasteiger partial charge in [0.2, 0.25) is 0 Å². The van der Waals surface area contributed by atoms with Crippen molar-refractivity contribution < 1.29 is 9.47 Å². The first-order valence-corrected chi connectivity index (χ1v) is 5.72. The molecule has 0 aliphatic heterocycles. The maximum Gasteiger partial charge on any atom is 0.161 e. The van der Waals surface area contributed by atoms with Crippen LogP contribution < -0.4 is 9.47 Å². The van der Waals surface area contributed by atoms with E-state index in [2.05, 4.69) is 5.10 Å². The molecule has 0 N–H and O–H groups in total. The monoisotopic (exact) mass is 232 g/mol. The van der Waals surface area contributed by atoms with Gasteiger partial charge in [-0.05, 0) is 25.1 Å². The van der Waals surface area contributed by atoms with Gasteiger partial charge in [-0.3, -0.25) is 4.68 Å². The third-order valence-electron chi connectivity index (χ3n) is 2.29. The summed E-state index contributed by atoms with van der Waals surface area (Å²) in [7, 11) is 0. The third kappa shape index (κ3) is 3.24. The van der Waals surface area contributed by atoms with E-state index < -0.39 is 0 Å². The highest BCUT2D eigenvalue weighted by Crippen LogP contribution is 2.26. The average Bonchev–Trinajstić information content (AvgIpc) is 2.85. The highest BCUT2D eigenvalue weighted by atomic mass is 16.5. The molecule has 0 radical (unpaired) electrons. The van der Waals surface area contributed by atoms with Gasteiger partial charge in [-0.25, -0.2) is 0 Å². The molecule has 0 aliphatic carbocycles. The van der Waals surface area contributed by atoms with Gasteiger partial charge in [-0.1, -0.05) is 12.1 Å². The largest absolute Gasteiger partial charge is 0.490 e. The summed E-state index contributed by atoms with van der Waals surface area (Å²) >= 11 is 0. The highest BCUT2D eigenvalue weighted by molar-refractivity contribution is 5.39. The predicted molar refractivity (Wildman–Crippen MR) is 65.3 cm³/mol. The van der Waals surface area contributed by atoms with Crippen LogP contribution in [0.1, 0.15) is 6.92 Å². The lowest BCUT2D eigenvalue weighted by molar-refractivity contribution is 0.262. The lowest BCUT2D eigenvalue weighted by Gasteiger charge is -2.11. The van der Waals surface area contributed by atoms with Gasteiger partial charge in [0.25, 0.3) is 0 Å². The van der Waals surface area contributed by atoms with Crippen LogP contribution in [0, 0.1) is 0 Å². The van der Waals surface area contributed by atoms with Crippen LogP contribution in [0.25, 0.3) is 0 Å². The maximum absolute atomic E-state index is 5.68. The summed E-state index contributed by atoms with van der Waals surface area (Å²) in [6.45, 7) is 3.90. The summed E-state index contributed by atoms with van der Waals surface area (Å²) in [5.74, 6) is 1.57. The number of aromatic nitrogens is 2. The standard InChI is InChI=1S/C13H16N2O2/c1-2-16-12-6-3-4-7-13(12)17-11-10-15-9-5-8-14-15/h3-9H,2,10-11H2,1H3. The predicted octanol–water partition coefficient (Wildman–Crippen LogP) is 2.36. The highest BCUT2D eigenvalue weighted by Gasteiger charge is 2.02. The van der Waals surface area contributed by atoms with Gasteiger partial charge in [0.15, 0.2) is 11.5 Å². The summed E-state index contributed by atoms with van der Waals surface area (Å²) in [5, 5.41) is 4.11. The Morgan fingerprint density at radius 3 is 2.53 bits per heavy atom. The molecule has 0 aliphatic rings. The summed E-state index contributed by atoms with van der Waals surface area (Å²) in [6.07, 6.45) is 3.67. The second-order valence-corrected chi connectivity index (χ2v) is 3.50. The molecule has 4 nitrogen and oxygen atoms in total. The van der Waals surface area contributed by atoms with Crippen LogP contribution in [0.2, 0.25) is 0 Å². The Labute approximate surface area is 101 Å². The van der Waals surface area contributed by atoms with Crippen LogP contribution in [-0.2, 0) is 6.54 Å². The Bertz CT molecular complexity index is 440. The molecule has 1 heterocycles. The van der Waals surface area contributed by atoms with E-state index in [1.54, 1.807) is 6.20 Å². The SMILES string of the molecule is CCOc1ccccc1OCCn1cccn1. The smallest absolute Gasteiger partial charge is 0.161 e. The van der Waals surface area contributed by atoms with E-state index in [9.17, 15) is 0 Å². The van der Waals surface area contributed by atoms with Crippen molar-refractivity contribution in [3.05, 3.63) is 42.7 Å². The normalized spacial score (nSPS) is 10.2. The number of ether oxygens (including phenoxy) is 2. The number of benzene rings is 1. The second-order valence-electron chi connectivity index (χ2n) is 3.50. The van der Waals surface area contributed by atoms with Gasteiger partial charge in [0, 0.05) is 12.4 Å². The fraction of sp³-hybridized carbons (Fsp3) is 0.308. The van der Waals surface area contributed by atoms with Gasteiger partial charge in [0.1, 0.15) is 6.61 Å². The fourth-order valence-corrected chi connectivity index (χ4v) is 1.53. The molecule has 1 aromatic carbocycles. The van der Waals surface area contributed by atoms with Crippen molar-refractivity contribution in [3.8, 4) is 11.5 Å². The molecule has 1 aromatic heterocycles. The summed E-state index contributed by atoms with van der Waals surface area (Å²) in [6, 6.07) is 9.59. The molecule has 0 saturated heterocycles. The number of para-hydroxylation sites is 2. The molecule has 2 rings (SSSR count). The molecule has 0 saturated carbocycles. The van der Waals surface area contributed by atoms with Crippen LogP contribution in [0.3, 0.4) is 0 Å². The lowest BCUT2D eigenvalue weighted by Crippen LogP contribution is -2.09. The molecule has 0 fully saturated rings. The van der Waals surface area contributed by atoms with Gasteiger partial charge >= 0.3 is 0 Å². The number of hydrogen-bond donors (Lipinski definition) is 0. The minimum atomic E-state index is 0.575. The summed E-state index contributed by atoms with van der Waals surface area (Å²) in [4.78, 5) is 0. The van der Waals surface area contributed by atoms with E-state index in [0.717, 1.165) is 18.0 Å². The van der Waals surface area contributed by atoms with Crippen molar-refractivity contribution >= 4 is 0 Å². The fourth-order valence-electron chi connectivity index (χ4n) is 1.53. The number of rotatable bonds is 6. The molecule has 4 heteroatoms. The van der Waals surface area contributed by atoms with E-state index in [-0.39, 0.29) is 0 Å². The Morgan fingerprint density at radius 2 is 1.88 bits per heavy atom. The molecule has 0 spiro atoms. The molecule has 2 aromatic rings. The minimum Gasteiger partial charge on any atom is -0.490 e. The third-order valence-corrected chi connectivity index (χ3v) is 2.29. The topological polar surface area (TPSA) is 36.3 Å². The average molecular weight is 232 g/mol. The van der Waals surface area contributed by atoms with Gasteiger partial charge in [-0.15, -0.1) is 0 Å². The van der Waals surface area contributed by atoms with Gasteiger partial charge < -0.3 is 9.47 Å². The van der Waals surface area contributed by atoms with Crippen LogP contribution >= 0.6 is 0 Å². The Kier molecular flexibility index (Phi) is 4.02. The minimum absolute atomic E-state index is 0.575. The van der Waals surface area contributed by atoms with Gasteiger partial charge in [0.05, 0.1) is 13.2 Å². The quantitative estimate of drug-likeness (QED) is 0.767. The van der Waals surface area contributed by atoms with Crippen LogP contribution in [0.15, 0.2) is 42.7 Å². The summed E-state index contributed by atoms with van der Waals surface area (Å²) < 4.78 is 13.0. The maximum atomic E-state index is 5.68. The molecule has 0 amide bonds. The summed E-state index contributed by atoms with van der Waals surface area (Å²) in [5.41, 5.74) is 0. The van der Waals surface area contributed by atoms with E-state index in [1.807, 2.05) is 48.1 Å². The van der Waals surface area contributed by atoms with Crippen molar-refractivity contribution in [2.75, 3.05) is 13.2 Å². The zero-order valence-corrected chi connectivity index (χ0v) is 9.87. The van der Waals surface area contributed by atoms with Crippen molar-refractivity contribution in [3.63, 3.8) is 0 Å².